The molecule has 19 heavy (non-hydrogen) atoms. The van der Waals surface area contributed by atoms with Crippen molar-refractivity contribution in [3.63, 3.8) is 0 Å². The van der Waals surface area contributed by atoms with E-state index in [9.17, 15) is 4.79 Å². The average Bonchev–Trinajstić information content (AvgIpc) is 2.37. The number of benzene rings is 1. The Morgan fingerprint density at radius 1 is 1.32 bits per heavy atom. The highest BCUT2D eigenvalue weighted by atomic mass is 79.9. The normalized spacial score (nSPS) is 10.3. The second kappa shape index (κ2) is 5.71. The molecule has 0 aliphatic heterocycles. The number of hydrogen-bond acceptors (Lipinski definition) is 3. The summed E-state index contributed by atoms with van der Waals surface area (Å²) in [4.78, 5) is 16.3. The third kappa shape index (κ3) is 3.13. The summed E-state index contributed by atoms with van der Waals surface area (Å²) in [6.45, 7) is 1.77. The average molecular weight is 385 g/mol. The number of nitrogen functional groups attached to an aromatic ring is 1. The number of aromatic nitrogens is 1. The van der Waals surface area contributed by atoms with Crippen LogP contribution in [0.4, 0.5) is 11.4 Å². The van der Waals surface area contributed by atoms with E-state index in [-0.39, 0.29) is 5.91 Å². The first-order valence-electron chi connectivity index (χ1n) is 5.46. The van der Waals surface area contributed by atoms with Crippen LogP contribution in [0.1, 0.15) is 16.1 Å². The number of nitrogens with zero attached hydrogens (tertiary/aromatic N) is 1. The molecule has 1 amide bonds. The van der Waals surface area contributed by atoms with Crippen molar-refractivity contribution in [3.8, 4) is 0 Å². The van der Waals surface area contributed by atoms with E-state index in [4.69, 9.17) is 5.73 Å². The Bertz CT molecular complexity index is 624. The lowest BCUT2D eigenvalue weighted by atomic mass is 10.1. The smallest absolute Gasteiger partial charge is 0.257 e. The molecule has 0 radical (unpaired) electrons. The fourth-order valence-corrected chi connectivity index (χ4v) is 2.77. The van der Waals surface area contributed by atoms with E-state index in [1.54, 1.807) is 13.0 Å². The topological polar surface area (TPSA) is 68.0 Å². The van der Waals surface area contributed by atoms with E-state index in [0.717, 1.165) is 8.95 Å². The van der Waals surface area contributed by atoms with E-state index < -0.39 is 0 Å². The van der Waals surface area contributed by atoms with Gasteiger partial charge in [-0.1, -0.05) is 6.07 Å². The molecule has 2 rings (SSSR count). The van der Waals surface area contributed by atoms with Crippen LogP contribution in [0.15, 0.2) is 39.4 Å². The fourth-order valence-electron chi connectivity index (χ4n) is 1.58. The van der Waals surface area contributed by atoms with Crippen LogP contribution in [-0.4, -0.2) is 10.9 Å². The van der Waals surface area contributed by atoms with Gasteiger partial charge in [-0.2, -0.15) is 0 Å². The number of para-hydroxylation sites is 1. The number of nitrogens with one attached hydrogen (secondary N) is 1. The van der Waals surface area contributed by atoms with Gasteiger partial charge < -0.3 is 11.1 Å². The van der Waals surface area contributed by atoms with Crippen LogP contribution in [0, 0.1) is 6.92 Å². The monoisotopic (exact) mass is 383 g/mol. The second-order valence-electron chi connectivity index (χ2n) is 3.95. The van der Waals surface area contributed by atoms with Gasteiger partial charge in [0.25, 0.3) is 5.91 Å². The van der Waals surface area contributed by atoms with Crippen molar-refractivity contribution in [2.24, 2.45) is 0 Å². The van der Waals surface area contributed by atoms with Crippen LogP contribution < -0.4 is 11.1 Å². The number of halogens is 2. The number of carbonyl (C=O) groups excluding carboxylic acids is 1. The zero-order valence-corrected chi connectivity index (χ0v) is 13.2. The second-order valence-corrected chi connectivity index (χ2v) is 5.66. The molecule has 1 aromatic carbocycles. The maximum absolute atomic E-state index is 12.2. The number of pyridine rings is 1. The van der Waals surface area contributed by atoms with Gasteiger partial charge in [-0.05, 0) is 57.0 Å². The predicted octanol–water partition coefficient (Wildman–Crippen LogP) is 3.75. The highest BCUT2D eigenvalue weighted by molar-refractivity contribution is 9.11. The van der Waals surface area contributed by atoms with Crippen LogP contribution in [0.25, 0.3) is 0 Å². The minimum Gasteiger partial charge on any atom is -0.397 e. The van der Waals surface area contributed by atoms with Gasteiger partial charge in [-0.25, -0.2) is 0 Å². The Morgan fingerprint density at radius 2 is 1.95 bits per heavy atom. The molecule has 3 N–H and O–H groups in total. The van der Waals surface area contributed by atoms with E-state index in [1.165, 1.54) is 6.20 Å². The molecular weight excluding hydrogens is 374 g/mol. The number of aryl methyl sites for hydroxylation is 1. The molecule has 0 unspecified atom stereocenters. The molecule has 0 fully saturated rings. The molecule has 0 spiro atoms. The van der Waals surface area contributed by atoms with Gasteiger partial charge in [0, 0.05) is 8.95 Å². The highest BCUT2D eigenvalue weighted by Gasteiger charge is 2.13. The molecular formula is C13H11Br2N3O. The van der Waals surface area contributed by atoms with Crippen molar-refractivity contribution in [2.75, 3.05) is 11.1 Å². The molecule has 0 atom stereocenters. The van der Waals surface area contributed by atoms with Crippen molar-refractivity contribution < 1.29 is 4.79 Å². The Kier molecular flexibility index (Phi) is 4.21. The molecule has 0 aliphatic carbocycles. The van der Waals surface area contributed by atoms with E-state index in [1.807, 2.05) is 18.2 Å². The van der Waals surface area contributed by atoms with Gasteiger partial charge in [0.1, 0.15) is 0 Å². The van der Waals surface area contributed by atoms with E-state index >= 15 is 0 Å². The number of carbonyl (C=O) groups is 1. The number of anilines is 2. The number of amides is 1. The zero-order valence-electron chi connectivity index (χ0n) is 10.1. The van der Waals surface area contributed by atoms with E-state index in [2.05, 4.69) is 42.2 Å². The molecule has 1 aromatic heterocycles. The van der Waals surface area contributed by atoms with Gasteiger partial charge in [0.05, 0.1) is 28.8 Å². The Labute approximate surface area is 127 Å². The van der Waals surface area contributed by atoms with E-state index in [0.29, 0.717) is 22.6 Å². The molecule has 98 valence electrons. The van der Waals surface area contributed by atoms with Crippen molar-refractivity contribution in [3.05, 3.63) is 50.7 Å². The molecule has 0 saturated carbocycles. The zero-order chi connectivity index (χ0) is 14.0. The van der Waals surface area contributed by atoms with Gasteiger partial charge in [-0.3, -0.25) is 9.78 Å². The lowest BCUT2D eigenvalue weighted by molar-refractivity contribution is 0.102. The molecule has 4 nitrogen and oxygen atoms in total. The predicted molar refractivity (Wildman–Crippen MR) is 83.2 cm³/mol. The SMILES string of the molecule is Cc1ncc(N)cc1C(=O)Nc1c(Br)cccc1Br. The fraction of sp³-hybridized carbons (Fsp3) is 0.0769. The number of rotatable bonds is 2. The lowest BCUT2D eigenvalue weighted by Gasteiger charge is -2.11. The van der Waals surface area contributed by atoms with Gasteiger partial charge >= 0.3 is 0 Å². The summed E-state index contributed by atoms with van der Waals surface area (Å²) in [6, 6.07) is 7.19. The van der Waals surface area contributed by atoms with Crippen molar-refractivity contribution in [1.29, 1.82) is 0 Å². The van der Waals surface area contributed by atoms with Gasteiger partial charge in [0.2, 0.25) is 0 Å². The first-order chi connectivity index (χ1) is 8.99. The molecule has 1 heterocycles. The lowest BCUT2D eigenvalue weighted by Crippen LogP contribution is -2.15. The molecule has 0 aliphatic rings. The third-order valence-corrected chi connectivity index (χ3v) is 3.88. The summed E-state index contributed by atoms with van der Waals surface area (Å²) in [7, 11) is 0. The summed E-state index contributed by atoms with van der Waals surface area (Å²) in [5.74, 6) is -0.245. The minimum atomic E-state index is -0.245. The summed E-state index contributed by atoms with van der Waals surface area (Å²) in [6.07, 6.45) is 1.53. The van der Waals surface area contributed by atoms with Crippen LogP contribution in [0.5, 0.6) is 0 Å². The third-order valence-electron chi connectivity index (χ3n) is 2.55. The van der Waals surface area contributed by atoms with Gasteiger partial charge in [0.15, 0.2) is 0 Å². The van der Waals surface area contributed by atoms with Crippen LogP contribution in [0.2, 0.25) is 0 Å². The van der Waals surface area contributed by atoms with Crippen molar-refractivity contribution in [2.45, 2.75) is 6.92 Å². The molecule has 0 bridgehead atoms. The quantitative estimate of drug-likeness (QED) is 0.828. The van der Waals surface area contributed by atoms with Gasteiger partial charge in [-0.15, -0.1) is 0 Å². The maximum Gasteiger partial charge on any atom is 0.257 e. The largest absolute Gasteiger partial charge is 0.397 e. The Morgan fingerprint density at radius 3 is 2.58 bits per heavy atom. The molecule has 0 saturated heterocycles. The minimum absolute atomic E-state index is 0.245. The molecule has 6 heteroatoms. The van der Waals surface area contributed by atoms with Crippen LogP contribution >= 0.6 is 31.9 Å². The van der Waals surface area contributed by atoms with Crippen molar-refractivity contribution >= 4 is 49.1 Å². The summed E-state index contributed by atoms with van der Waals surface area (Å²) in [5, 5.41) is 2.83. The van der Waals surface area contributed by atoms with Crippen LogP contribution in [-0.2, 0) is 0 Å². The van der Waals surface area contributed by atoms with Crippen LogP contribution in [0.3, 0.4) is 0 Å². The standard InChI is InChI=1S/C13H11Br2N3O/c1-7-9(5-8(16)6-17-7)13(19)18-12-10(14)3-2-4-11(12)15/h2-6H,16H2,1H3,(H,18,19). The summed E-state index contributed by atoms with van der Waals surface area (Å²) >= 11 is 6.79. The number of nitrogens with two attached hydrogens (primary N) is 1. The Hall–Kier alpha value is -1.40. The summed E-state index contributed by atoms with van der Waals surface area (Å²) < 4.78 is 1.59. The maximum atomic E-state index is 12.2. The van der Waals surface area contributed by atoms with Crippen molar-refractivity contribution in [1.82, 2.24) is 4.98 Å². The first-order valence-corrected chi connectivity index (χ1v) is 7.05. The molecule has 2 aromatic rings. The Balaban J connectivity index is 2.34. The number of hydrogen-bond donors (Lipinski definition) is 2. The first kappa shape index (κ1) is 14.0. The highest BCUT2D eigenvalue weighted by Crippen LogP contribution is 2.31. The summed E-state index contributed by atoms with van der Waals surface area (Å²) in [5.41, 5.74) is 7.89.